The summed E-state index contributed by atoms with van der Waals surface area (Å²) in [5, 5.41) is 6.99. The second-order valence-electron chi connectivity index (χ2n) is 7.00. The highest BCUT2D eigenvalue weighted by Crippen LogP contribution is 2.26. The maximum atomic E-state index is 13.2. The Bertz CT molecular complexity index is 1280. The van der Waals surface area contributed by atoms with E-state index in [9.17, 15) is 13.2 Å². The molecule has 1 atom stereocenters. The van der Waals surface area contributed by atoms with Crippen molar-refractivity contribution in [1.29, 1.82) is 0 Å². The van der Waals surface area contributed by atoms with Gasteiger partial charge in [-0.3, -0.25) is 4.79 Å². The lowest BCUT2D eigenvalue weighted by Crippen LogP contribution is -2.41. The van der Waals surface area contributed by atoms with Gasteiger partial charge in [0.1, 0.15) is 6.54 Å². The summed E-state index contributed by atoms with van der Waals surface area (Å²) in [4.78, 5) is 17.1. The zero-order valence-electron chi connectivity index (χ0n) is 16.8. The Kier molecular flexibility index (Phi) is 6.01. The monoisotopic (exact) mass is 451 g/mol. The summed E-state index contributed by atoms with van der Waals surface area (Å²) >= 11 is 1.17. The second-order valence-corrected chi connectivity index (χ2v) is 9.73. The van der Waals surface area contributed by atoms with Gasteiger partial charge < -0.3 is 5.32 Å². The molecule has 0 unspecified atom stereocenters. The molecular weight excluding hydrogens is 430 g/mol. The number of carbonyl (C=O) groups excluding carboxylic acids is 1. The zero-order valence-corrected chi connectivity index (χ0v) is 18.4. The van der Waals surface area contributed by atoms with Crippen molar-refractivity contribution >= 4 is 43.2 Å². The number of nitrogens with one attached hydrogen (secondary N) is 1. The molecule has 0 saturated carbocycles. The van der Waals surface area contributed by atoms with Gasteiger partial charge in [-0.1, -0.05) is 60.7 Å². The highest BCUT2D eigenvalue weighted by Gasteiger charge is 2.29. The van der Waals surface area contributed by atoms with E-state index in [0.29, 0.717) is 0 Å². The molecule has 0 radical (unpaired) electrons. The third-order valence-electron chi connectivity index (χ3n) is 4.92. The largest absolute Gasteiger partial charge is 0.348 e. The lowest BCUT2D eigenvalue weighted by Gasteiger charge is -2.23. The summed E-state index contributed by atoms with van der Waals surface area (Å²) in [5.74, 6) is -0.407. The van der Waals surface area contributed by atoms with E-state index in [4.69, 9.17) is 0 Å². The molecule has 0 bridgehead atoms. The Morgan fingerprint density at radius 3 is 2.48 bits per heavy atom. The molecule has 0 aliphatic rings. The summed E-state index contributed by atoms with van der Waals surface area (Å²) in [7, 11) is -3.93. The third-order valence-corrected chi connectivity index (χ3v) is 7.58. The topological polar surface area (TPSA) is 79.4 Å². The first-order chi connectivity index (χ1) is 15.0. The van der Waals surface area contributed by atoms with E-state index in [1.54, 1.807) is 23.6 Å². The summed E-state index contributed by atoms with van der Waals surface area (Å²) in [5.41, 5.74) is 0.971. The van der Waals surface area contributed by atoms with Gasteiger partial charge >= 0.3 is 0 Å². The van der Waals surface area contributed by atoms with Crippen LogP contribution in [0.3, 0.4) is 0 Å². The van der Waals surface area contributed by atoms with Crippen LogP contribution in [0.25, 0.3) is 10.8 Å². The number of rotatable bonds is 7. The van der Waals surface area contributed by atoms with E-state index in [1.807, 2.05) is 49.4 Å². The second kappa shape index (κ2) is 8.87. The first-order valence-electron chi connectivity index (χ1n) is 9.71. The minimum absolute atomic E-state index is 0.111. The van der Waals surface area contributed by atoms with Gasteiger partial charge in [0.05, 0.1) is 10.9 Å². The number of hydrogen-bond acceptors (Lipinski definition) is 5. The van der Waals surface area contributed by atoms with Crippen LogP contribution in [-0.2, 0) is 14.8 Å². The number of aromatic nitrogens is 1. The summed E-state index contributed by atoms with van der Waals surface area (Å²) < 4.78 is 27.5. The van der Waals surface area contributed by atoms with Crippen molar-refractivity contribution in [2.75, 3.05) is 10.8 Å². The fourth-order valence-corrected chi connectivity index (χ4v) is 5.70. The predicted molar refractivity (Wildman–Crippen MR) is 124 cm³/mol. The normalized spacial score (nSPS) is 12.4. The third kappa shape index (κ3) is 4.45. The van der Waals surface area contributed by atoms with Crippen LogP contribution in [0.4, 0.5) is 5.13 Å². The predicted octanol–water partition coefficient (Wildman–Crippen LogP) is 4.37. The molecule has 1 aromatic heterocycles. The van der Waals surface area contributed by atoms with Gasteiger partial charge in [-0.25, -0.2) is 17.7 Å². The van der Waals surface area contributed by atoms with Gasteiger partial charge in [0.2, 0.25) is 5.91 Å². The fourth-order valence-electron chi connectivity index (χ4n) is 3.44. The first-order valence-corrected chi connectivity index (χ1v) is 12.0. The van der Waals surface area contributed by atoms with Crippen molar-refractivity contribution in [1.82, 2.24) is 10.3 Å². The summed E-state index contributed by atoms with van der Waals surface area (Å²) in [6.07, 6.45) is 1.52. The van der Waals surface area contributed by atoms with E-state index in [1.165, 1.54) is 29.7 Å². The Hall–Kier alpha value is -3.23. The summed E-state index contributed by atoms with van der Waals surface area (Å²) in [6, 6.07) is 21.6. The van der Waals surface area contributed by atoms with Crippen molar-refractivity contribution in [2.45, 2.75) is 17.9 Å². The van der Waals surface area contributed by atoms with Gasteiger partial charge in [0, 0.05) is 11.6 Å². The Labute approximate surface area is 185 Å². The molecule has 1 amide bonds. The zero-order chi connectivity index (χ0) is 21.8. The van der Waals surface area contributed by atoms with Crippen LogP contribution in [-0.4, -0.2) is 25.9 Å². The molecule has 1 N–H and O–H groups in total. The standard InChI is InChI=1S/C23H21N3O3S2/c1-17(20-13-7-9-18-8-5-6-12-21(18)20)25-22(27)16-26(23-24-14-15-30-23)31(28,29)19-10-3-2-4-11-19/h2-15,17H,16H2,1H3,(H,25,27)/t17-/m1/s1. The van der Waals surface area contributed by atoms with Crippen LogP contribution in [0.5, 0.6) is 0 Å². The lowest BCUT2D eigenvalue weighted by atomic mass is 10.00. The average Bonchev–Trinajstić information content (AvgIpc) is 3.32. The van der Waals surface area contributed by atoms with Gasteiger partial charge in [-0.05, 0) is 35.4 Å². The van der Waals surface area contributed by atoms with Crippen molar-refractivity contribution in [3.63, 3.8) is 0 Å². The molecule has 1 heterocycles. The minimum atomic E-state index is -3.93. The maximum absolute atomic E-state index is 13.2. The number of benzene rings is 3. The van der Waals surface area contributed by atoms with Crippen LogP contribution in [0.1, 0.15) is 18.5 Å². The molecule has 6 nitrogen and oxygen atoms in total. The molecular formula is C23H21N3O3S2. The van der Waals surface area contributed by atoms with Crippen molar-refractivity contribution in [3.8, 4) is 0 Å². The number of amides is 1. The molecule has 0 aliphatic carbocycles. The molecule has 0 fully saturated rings. The molecule has 8 heteroatoms. The van der Waals surface area contributed by atoms with E-state index < -0.39 is 15.9 Å². The molecule has 0 saturated heterocycles. The van der Waals surface area contributed by atoms with E-state index in [2.05, 4.69) is 10.3 Å². The first kappa shape index (κ1) is 21.0. The molecule has 158 valence electrons. The van der Waals surface area contributed by atoms with Gasteiger partial charge in [0.15, 0.2) is 5.13 Å². The number of hydrogen-bond donors (Lipinski definition) is 1. The quantitative estimate of drug-likeness (QED) is 0.453. The van der Waals surface area contributed by atoms with Crippen molar-refractivity contribution in [3.05, 3.63) is 89.9 Å². The fraction of sp³-hybridized carbons (Fsp3) is 0.130. The Balaban J connectivity index is 1.58. The van der Waals surface area contributed by atoms with Crippen LogP contribution < -0.4 is 9.62 Å². The number of carbonyl (C=O) groups is 1. The molecule has 4 rings (SSSR count). The lowest BCUT2D eigenvalue weighted by molar-refractivity contribution is -0.120. The molecule has 4 aromatic rings. The van der Waals surface area contributed by atoms with Crippen LogP contribution in [0.2, 0.25) is 0 Å². The number of nitrogens with zero attached hydrogens (tertiary/aromatic N) is 2. The smallest absolute Gasteiger partial charge is 0.266 e. The average molecular weight is 452 g/mol. The SMILES string of the molecule is C[C@@H](NC(=O)CN(c1nccs1)S(=O)(=O)c1ccccc1)c1cccc2ccccc12. The molecule has 3 aromatic carbocycles. The number of sulfonamides is 1. The highest BCUT2D eigenvalue weighted by atomic mass is 32.2. The van der Waals surface area contributed by atoms with Crippen LogP contribution in [0, 0.1) is 0 Å². The van der Waals surface area contributed by atoms with Crippen molar-refractivity contribution < 1.29 is 13.2 Å². The van der Waals surface area contributed by atoms with Gasteiger partial charge in [-0.15, -0.1) is 11.3 Å². The van der Waals surface area contributed by atoms with Gasteiger partial charge in [-0.2, -0.15) is 0 Å². The number of anilines is 1. The van der Waals surface area contributed by atoms with Crippen LogP contribution in [0.15, 0.2) is 89.3 Å². The number of thiazole rings is 1. The van der Waals surface area contributed by atoms with Crippen LogP contribution >= 0.6 is 11.3 Å². The van der Waals surface area contributed by atoms with E-state index in [-0.39, 0.29) is 22.6 Å². The highest BCUT2D eigenvalue weighted by molar-refractivity contribution is 7.93. The van der Waals surface area contributed by atoms with Crippen molar-refractivity contribution in [2.24, 2.45) is 0 Å². The van der Waals surface area contributed by atoms with Gasteiger partial charge in [0.25, 0.3) is 10.0 Å². The van der Waals surface area contributed by atoms with E-state index >= 15 is 0 Å². The summed E-state index contributed by atoms with van der Waals surface area (Å²) in [6.45, 7) is 1.53. The Morgan fingerprint density at radius 1 is 1.03 bits per heavy atom. The maximum Gasteiger partial charge on any atom is 0.266 e. The molecule has 0 spiro atoms. The molecule has 31 heavy (non-hydrogen) atoms. The number of fused-ring (bicyclic) bond motifs is 1. The molecule has 0 aliphatic heterocycles. The minimum Gasteiger partial charge on any atom is -0.348 e. The van der Waals surface area contributed by atoms with E-state index in [0.717, 1.165) is 20.6 Å². The Morgan fingerprint density at radius 2 is 1.74 bits per heavy atom.